The smallest absolute Gasteiger partial charge is 0.303 e. The first-order chi connectivity index (χ1) is 11.1. The van der Waals surface area contributed by atoms with E-state index in [1.807, 2.05) is 13.8 Å². The summed E-state index contributed by atoms with van der Waals surface area (Å²) in [7, 11) is 0. The van der Waals surface area contributed by atoms with Gasteiger partial charge in [0.15, 0.2) is 0 Å². The lowest BCUT2D eigenvalue weighted by Crippen LogP contribution is -2.48. The van der Waals surface area contributed by atoms with Crippen molar-refractivity contribution in [2.75, 3.05) is 0 Å². The summed E-state index contributed by atoms with van der Waals surface area (Å²) >= 11 is 0. The summed E-state index contributed by atoms with van der Waals surface area (Å²) in [5.41, 5.74) is 4.26. The Bertz CT molecular complexity index is 656. The van der Waals surface area contributed by atoms with Gasteiger partial charge in [0.05, 0.1) is 0 Å². The number of esters is 1. The van der Waals surface area contributed by atoms with Crippen molar-refractivity contribution in [1.29, 1.82) is 0 Å². The zero-order valence-corrected chi connectivity index (χ0v) is 16.2. The van der Waals surface area contributed by atoms with Crippen molar-refractivity contribution in [3.8, 4) is 0 Å². The first-order valence-electron chi connectivity index (χ1n) is 9.40. The third-order valence-corrected chi connectivity index (χ3v) is 6.75. The second kappa shape index (κ2) is 5.61. The van der Waals surface area contributed by atoms with Crippen LogP contribution in [0.15, 0.2) is 18.2 Å². The van der Waals surface area contributed by atoms with Gasteiger partial charge in [-0.15, -0.1) is 0 Å². The standard InChI is InChI=1S/C22H32O2/c1-15(23)24-21(4,5)17-9-10-18-16(14-17)8-11-19-20(2,3)12-7-13-22(18,19)6/h9-10,14,19H,7-8,11-13H2,1-6H3. The number of benzene rings is 1. The zero-order valence-electron chi connectivity index (χ0n) is 16.2. The number of rotatable bonds is 2. The van der Waals surface area contributed by atoms with Crippen LogP contribution in [0.3, 0.4) is 0 Å². The minimum Gasteiger partial charge on any atom is -0.455 e. The molecule has 132 valence electrons. The van der Waals surface area contributed by atoms with E-state index in [-0.39, 0.29) is 5.97 Å². The van der Waals surface area contributed by atoms with E-state index < -0.39 is 5.60 Å². The molecule has 0 aromatic heterocycles. The van der Waals surface area contributed by atoms with E-state index in [1.165, 1.54) is 43.7 Å². The molecule has 0 saturated heterocycles. The van der Waals surface area contributed by atoms with Crippen molar-refractivity contribution < 1.29 is 9.53 Å². The van der Waals surface area contributed by atoms with Gasteiger partial charge in [0.1, 0.15) is 5.60 Å². The maximum Gasteiger partial charge on any atom is 0.303 e. The predicted octanol–water partition coefficient (Wildman–Crippen LogP) is 5.52. The molecule has 1 aromatic carbocycles. The molecule has 0 heterocycles. The lowest BCUT2D eigenvalue weighted by Gasteiger charge is -2.54. The number of ether oxygens (including phenoxy) is 1. The topological polar surface area (TPSA) is 26.3 Å². The van der Waals surface area contributed by atoms with Gasteiger partial charge < -0.3 is 4.74 Å². The predicted molar refractivity (Wildman–Crippen MR) is 98.0 cm³/mol. The number of aryl methyl sites for hydroxylation is 1. The van der Waals surface area contributed by atoms with E-state index in [4.69, 9.17) is 4.74 Å². The quantitative estimate of drug-likeness (QED) is 0.669. The molecule has 1 aromatic rings. The summed E-state index contributed by atoms with van der Waals surface area (Å²) in [6.07, 6.45) is 6.37. The molecule has 0 radical (unpaired) electrons. The molecule has 0 aliphatic heterocycles. The number of carbonyl (C=O) groups is 1. The zero-order chi connectivity index (χ0) is 17.8. The lowest BCUT2D eigenvalue weighted by atomic mass is 9.50. The van der Waals surface area contributed by atoms with Gasteiger partial charge in [0, 0.05) is 6.92 Å². The third-order valence-electron chi connectivity index (χ3n) is 6.75. The highest BCUT2D eigenvalue weighted by Gasteiger charge is 2.49. The van der Waals surface area contributed by atoms with Gasteiger partial charge in [0.2, 0.25) is 0 Å². The van der Waals surface area contributed by atoms with Crippen LogP contribution in [0.4, 0.5) is 0 Å². The number of carbonyl (C=O) groups excluding carboxylic acids is 1. The largest absolute Gasteiger partial charge is 0.455 e. The van der Waals surface area contributed by atoms with Gasteiger partial charge in [-0.3, -0.25) is 4.79 Å². The fourth-order valence-electron chi connectivity index (χ4n) is 5.60. The minimum atomic E-state index is -0.565. The molecule has 0 amide bonds. The molecule has 24 heavy (non-hydrogen) atoms. The van der Waals surface area contributed by atoms with Gasteiger partial charge >= 0.3 is 5.97 Å². The Hall–Kier alpha value is -1.31. The molecular formula is C22H32O2. The maximum atomic E-state index is 11.4. The first kappa shape index (κ1) is 17.5. The Kier molecular flexibility index (Phi) is 4.09. The van der Waals surface area contributed by atoms with Crippen molar-refractivity contribution in [3.63, 3.8) is 0 Å². The minimum absolute atomic E-state index is 0.223. The summed E-state index contributed by atoms with van der Waals surface area (Å²) in [6, 6.07) is 6.79. The Morgan fingerprint density at radius 2 is 1.92 bits per heavy atom. The highest BCUT2D eigenvalue weighted by Crippen LogP contribution is 2.57. The highest BCUT2D eigenvalue weighted by atomic mass is 16.6. The molecule has 0 N–H and O–H groups in total. The fourth-order valence-corrected chi connectivity index (χ4v) is 5.60. The van der Waals surface area contributed by atoms with Crippen LogP contribution in [0.5, 0.6) is 0 Å². The SMILES string of the molecule is CC(=O)OC(C)(C)c1ccc2c(c1)CCC1C(C)(C)CCCC21C. The second-order valence-corrected chi connectivity index (χ2v) is 9.33. The van der Waals surface area contributed by atoms with E-state index in [2.05, 4.69) is 39.0 Å². The molecule has 0 bridgehead atoms. The van der Waals surface area contributed by atoms with Gasteiger partial charge in [-0.25, -0.2) is 0 Å². The molecule has 2 heteroatoms. The molecular weight excluding hydrogens is 296 g/mol. The lowest BCUT2D eigenvalue weighted by molar-refractivity contribution is -0.154. The van der Waals surface area contributed by atoms with E-state index in [0.717, 1.165) is 17.9 Å². The fraction of sp³-hybridized carbons (Fsp3) is 0.682. The molecule has 2 aliphatic rings. The third kappa shape index (κ3) is 2.78. The van der Waals surface area contributed by atoms with Gasteiger partial charge in [-0.05, 0) is 73.0 Å². The Morgan fingerprint density at radius 1 is 1.21 bits per heavy atom. The van der Waals surface area contributed by atoms with Crippen molar-refractivity contribution in [1.82, 2.24) is 0 Å². The van der Waals surface area contributed by atoms with Crippen LogP contribution in [0.2, 0.25) is 0 Å². The van der Waals surface area contributed by atoms with Gasteiger partial charge in [0.25, 0.3) is 0 Å². The average Bonchev–Trinajstić information content (AvgIpc) is 2.44. The summed E-state index contributed by atoms with van der Waals surface area (Å²) in [5.74, 6) is 0.539. The van der Waals surface area contributed by atoms with Gasteiger partial charge in [-0.2, -0.15) is 0 Å². The van der Waals surface area contributed by atoms with E-state index in [1.54, 1.807) is 0 Å². The Balaban J connectivity index is 2.00. The van der Waals surface area contributed by atoms with Crippen LogP contribution in [-0.2, 0) is 27.0 Å². The summed E-state index contributed by atoms with van der Waals surface area (Å²) in [6.45, 7) is 12.8. The average molecular weight is 328 g/mol. The van der Waals surface area contributed by atoms with Crippen molar-refractivity contribution in [2.45, 2.75) is 84.7 Å². The van der Waals surface area contributed by atoms with Gasteiger partial charge in [-0.1, -0.05) is 45.4 Å². The van der Waals surface area contributed by atoms with E-state index >= 15 is 0 Å². The van der Waals surface area contributed by atoms with E-state index in [9.17, 15) is 4.79 Å². The van der Waals surface area contributed by atoms with E-state index in [0.29, 0.717) is 10.8 Å². The molecule has 3 rings (SSSR count). The van der Waals surface area contributed by atoms with Crippen LogP contribution < -0.4 is 0 Å². The van der Waals surface area contributed by atoms with Crippen LogP contribution >= 0.6 is 0 Å². The molecule has 0 spiro atoms. The van der Waals surface area contributed by atoms with Crippen molar-refractivity contribution in [2.24, 2.45) is 11.3 Å². The molecule has 2 unspecified atom stereocenters. The second-order valence-electron chi connectivity index (χ2n) is 9.33. The molecule has 1 saturated carbocycles. The molecule has 2 nitrogen and oxygen atoms in total. The van der Waals surface area contributed by atoms with Crippen molar-refractivity contribution in [3.05, 3.63) is 34.9 Å². The van der Waals surface area contributed by atoms with Crippen LogP contribution in [0.25, 0.3) is 0 Å². The molecule has 2 aliphatic carbocycles. The number of fused-ring (bicyclic) bond motifs is 3. The van der Waals surface area contributed by atoms with Crippen LogP contribution in [0.1, 0.15) is 83.9 Å². The summed E-state index contributed by atoms with van der Waals surface area (Å²) < 4.78 is 5.54. The molecule has 2 atom stereocenters. The number of hydrogen-bond acceptors (Lipinski definition) is 2. The normalized spacial score (nSPS) is 28.7. The summed E-state index contributed by atoms with van der Waals surface area (Å²) in [5, 5.41) is 0. The Labute approximate surface area is 147 Å². The molecule has 1 fully saturated rings. The van der Waals surface area contributed by atoms with Crippen LogP contribution in [0, 0.1) is 11.3 Å². The first-order valence-corrected chi connectivity index (χ1v) is 9.40. The summed E-state index contributed by atoms with van der Waals surface area (Å²) in [4.78, 5) is 11.4. The monoisotopic (exact) mass is 328 g/mol. The number of hydrogen-bond donors (Lipinski definition) is 0. The maximum absolute atomic E-state index is 11.4. The van der Waals surface area contributed by atoms with Crippen LogP contribution in [-0.4, -0.2) is 5.97 Å². The highest BCUT2D eigenvalue weighted by molar-refractivity contribution is 5.66. The Morgan fingerprint density at radius 3 is 2.58 bits per heavy atom. The van der Waals surface area contributed by atoms with Crippen molar-refractivity contribution >= 4 is 5.97 Å².